The molecule has 0 aromatic heterocycles. The summed E-state index contributed by atoms with van der Waals surface area (Å²) in [5.74, 6) is 12.3. The molecule has 0 aliphatic heterocycles. The summed E-state index contributed by atoms with van der Waals surface area (Å²) in [6.45, 7) is 12.7. The first-order valence-electron chi connectivity index (χ1n) is 13.5. The normalized spacial score (nSPS) is 36.4. The van der Waals surface area contributed by atoms with Crippen LogP contribution in [-0.4, -0.2) is 8.07 Å². The monoisotopic (exact) mass is 432 g/mol. The van der Waals surface area contributed by atoms with Crippen molar-refractivity contribution in [3.05, 3.63) is 59.9 Å². The quantitative estimate of drug-likeness (QED) is 0.392. The third-order valence-corrected chi connectivity index (χ3v) is 13.1. The molecule has 0 unspecified atom stereocenters. The fourth-order valence-electron chi connectivity index (χ4n) is 7.78. The van der Waals surface area contributed by atoms with Crippen LogP contribution in [-0.2, 0) is 0 Å². The zero-order chi connectivity index (χ0) is 21.8. The number of rotatable bonds is 4. The van der Waals surface area contributed by atoms with Crippen molar-refractivity contribution >= 4 is 8.07 Å². The predicted octanol–water partition coefficient (Wildman–Crippen LogP) is 8.29. The molecule has 0 heterocycles. The SMILES string of the molecule is CC(C)[C@@H]1CC[C@@H](C)C[C@H]1[C]1[CH][CH][C]([Si](C)(C)[C]2[C]3CCCC[C]3[C]3CCCC[C]32)[CH]1. The average molecular weight is 433 g/mol. The first-order chi connectivity index (χ1) is 14.9. The Morgan fingerprint density at radius 2 is 1.39 bits per heavy atom. The van der Waals surface area contributed by atoms with E-state index >= 15 is 0 Å². The lowest BCUT2D eigenvalue weighted by Crippen LogP contribution is -2.46. The largest absolute Gasteiger partial charge is 0.0685 e. The standard InChI is InChI=1S/C30H44Si/c1-20(2)24-17-14-21(3)18-29(24)22-15-16-23(19-22)31(4,5)30-27-12-8-6-10-25(27)26-11-7-9-13-28(26)30/h15-16,19-21,24,29H,6-14,17-18H2,1-5H3/t21-,24+,29+/m1/s1. The Morgan fingerprint density at radius 1 is 0.806 bits per heavy atom. The van der Waals surface area contributed by atoms with Gasteiger partial charge in [-0.2, -0.15) is 0 Å². The lowest BCUT2D eigenvalue weighted by atomic mass is 9.65. The molecule has 0 bridgehead atoms. The van der Waals surface area contributed by atoms with Crippen LogP contribution in [0, 0.1) is 83.6 Å². The van der Waals surface area contributed by atoms with Gasteiger partial charge in [0.15, 0.2) is 0 Å². The van der Waals surface area contributed by atoms with E-state index in [4.69, 9.17) is 0 Å². The highest BCUT2D eigenvalue weighted by atomic mass is 28.3. The van der Waals surface area contributed by atoms with Gasteiger partial charge in [0.25, 0.3) is 0 Å². The van der Waals surface area contributed by atoms with Crippen LogP contribution in [0.25, 0.3) is 0 Å². The second kappa shape index (κ2) is 9.11. The van der Waals surface area contributed by atoms with E-state index in [9.17, 15) is 0 Å². The van der Waals surface area contributed by atoms with Crippen LogP contribution in [0.1, 0.15) is 91.4 Å². The van der Waals surface area contributed by atoms with E-state index in [0.29, 0.717) is 0 Å². The zero-order valence-electron chi connectivity index (χ0n) is 20.8. The van der Waals surface area contributed by atoms with E-state index in [2.05, 4.69) is 53.1 Å². The van der Waals surface area contributed by atoms with Crippen molar-refractivity contribution < 1.29 is 0 Å². The smallest absolute Gasteiger partial charge is 0.0626 e. The molecule has 5 rings (SSSR count). The Labute approximate surface area is 196 Å². The van der Waals surface area contributed by atoms with Crippen molar-refractivity contribution in [3.8, 4) is 0 Å². The fourth-order valence-corrected chi connectivity index (χ4v) is 11.2. The van der Waals surface area contributed by atoms with Gasteiger partial charge in [-0.1, -0.05) is 66.0 Å². The molecule has 31 heavy (non-hydrogen) atoms. The van der Waals surface area contributed by atoms with Gasteiger partial charge in [0, 0.05) is 0 Å². The van der Waals surface area contributed by atoms with Crippen LogP contribution in [0.2, 0.25) is 13.1 Å². The third kappa shape index (κ3) is 4.14. The highest BCUT2D eigenvalue weighted by molar-refractivity contribution is 6.90. The first-order valence-corrected chi connectivity index (χ1v) is 16.5. The molecule has 0 aromatic carbocycles. The molecule has 3 atom stereocenters. The van der Waals surface area contributed by atoms with Crippen LogP contribution >= 0.6 is 0 Å². The van der Waals surface area contributed by atoms with Crippen LogP contribution in [0.3, 0.4) is 0 Å². The van der Waals surface area contributed by atoms with Gasteiger partial charge >= 0.3 is 0 Å². The zero-order valence-corrected chi connectivity index (χ0v) is 21.8. The second-order valence-electron chi connectivity index (χ2n) is 12.2. The molecule has 1 heteroatoms. The summed E-state index contributed by atoms with van der Waals surface area (Å²) < 4.78 is 0. The summed E-state index contributed by atoms with van der Waals surface area (Å²) in [4.78, 5) is 0. The summed E-state index contributed by atoms with van der Waals surface area (Å²) in [6.07, 6.45) is 23.2. The van der Waals surface area contributed by atoms with Gasteiger partial charge < -0.3 is 0 Å². The number of hydrogen-bond acceptors (Lipinski definition) is 0. The van der Waals surface area contributed by atoms with Crippen LogP contribution in [0.5, 0.6) is 0 Å². The van der Waals surface area contributed by atoms with Gasteiger partial charge in [0.1, 0.15) is 0 Å². The van der Waals surface area contributed by atoms with Gasteiger partial charge in [-0.3, -0.25) is 0 Å². The number of hydrogen-bond donors (Lipinski definition) is 0. The van der Waals surface area contributed by atoms with Gasteiger partial charge in [-0.25, -0.2) is 0 Å². The van der Waals surface area contributed by atoms with Gasteiger partial charge in [0.05, 0.1) is 8.07 Å². The van der Waals surface area contributed by atoms with E-state index < -0.39 is 8.07 Å². The Bertz CT molecular complexity index is 586. The van der Waals surface area contributed by atoms with Gasteiger partial charge in [0.2, 0.25) is 0 Å². The molecular weight excluding hydrogens is 388 g/mol. The van der Waals surface area contributed by atoms with Gasteiger partial charge in [-0.15, -0.1) is 0 Å². The van der Waals surface area contributed by atoms with Crippen molar-refractivity contribution in [2.75, 3.05) is 0 Å². The molecule has 168 valence electrons. The summed E-state index contributed by atoms with van der Waals surface area (Å²) in [6, 6.07) is 0. The van der Waals surface area contributed by atoms with E-state index in [0.717, 1.165) is 23.7 Å². The van der Waals surface area contributed by atoms with E-state index in [1.54, 1.807) is 11.5 Å². The second-order valence-corrected chi connectivity index (χ2v) is 16.5. The van der Waals surface area contributed by atoms with Gasteiger partial charge in [-0.05, 0) is 122 Å². The van der Waals surface area contributed by atoms with Crippen LogP contribution < -0.4 is 0 Å². The van der Waals surface area contributed by atoms with Crippen molar-refractivity contribution in [3.63, 3.8) is 0 Å². The lowest BCUT2D eigenvalue weighted by molar-refractivity contribution is 0.159. The molecule has 0 N–H and O–H groups in total. The van der Waals surface area contributed by atoms with Crippen molar-refractivity contribution in [1.82, 2.24) is 0 Å². The molecule has 0 amide bonds. The highest BCUT2D eigenvalue weighted by Gasteiger charge is 2.60. The maximum absolute atomic E-state index is 2.70. The summed E-state index contributed by atoms with van der Waals surface area (Å²) >= 11 is 0. The molecule has 5 aliphatic carbocycles. The molecule has 10 radical (unpaired) electrons. The minimum Gasteiger partial charge on any atom is -0.0685 e. The minimum atomic E-state index is -1.67. The molecule has 0 spiro atoms. The van der Waals surface area contributed by atoms with E-state index in [-0.39, 0.29) is 0 Å². The molecule has 0 nitrogen and oxygen atoms in total. The van der Waals surface area contributed by atoms with Crippen molar-refractivity contribution in [2.24, 2.45) is 23.7 Å². The van der Waals surface area contributed by atoms with E-state index in [1.807, 2.05) is 29.2 Å². The minimum absolute atomic E-state index is 0.782. The Balaban J connectivity index is 1.34. The number of fused-ring (bicyclic) bond motifs is 3. The van der Waals surface area contributed by atoms with Crippen LogP contribution in [0.15, 0.2) is 0 Å². The Hall–Kier alpha value is 0.217. The summed E-state index contributed by atoms with van der Waals surface area (Å²) in [5, 5.41) is 0. The summed E-state index contributed by atoms with van der Waals surface area (Å²) in [7, 11) is -1.67. The molecule has 0 aromatic rings. The van der Waals surface area contributed by atoms with Crippen molar-refractivity contribution in [2.45, 2.75) is 104 Å². The molecule has 5 fully saturated rings. The van der Waals surface area contributed by atoms with Crippen LogP contribution in [0.4, 0.5) is 0 Å². The Morgan fingerprint density at radius 3 is 1.97 bits per heavy atom. The van der Waals surface area contributed by atoms with E-state index in [1.165, 1.54) is 70.6 Å². The maximum atomic E-state index is 2.70. The first kappa shape index (κ1) is 23.0. The molecule has 0 saturated heterocycles. The molecule has 5 aliphatic rings. The predicted molar refractivity (Wildman–Crippen MR) is 135 cm³/mol. The highest BCUT2D eigenvalue weighted by Crippen LogP contribution is 2.67. The van der Waals surface area contributed by atoms with Crippen molar-refractivity contribution in [1.29, 1.82) is 0 Å². The topological polar surface area (TPSA) is 0 Å². The lowest BCUT2D eigenvalue weighted by Gasteiger charge is -2.44. The average Bonchev–Trinajstić information content (AvgIpc) is 3.37. The third-order valence-electron chi connectivity index (χ3n) is 9.48. The molecular formula is C30H44Si. The molecule has 5 saturated carbocycles. The fraction of sp³-hybridized carbons (Fsp3) is 0.667. The maximum Gasteiger partial charge on any atom is 0.0626 e. The summed E-state index contributed by atoms with van der Waals surface area (Å²) in [5.41, 5.74) is 3.61. The Kier molecular flexibility index (Phi) is 6.75.